The van der Waals surface area contributed by atoms with Crippen LogP contribution in [0, 0.1) is 13.8 Å². The van der Waals surface area contributed by atoms with E-state index in [4.69, 9.17) is 11.6 Å². The van der Waals surface area contributed by atoms with E-state index < -0.39 is 0 Å². The Morgan fingerprint density at radius 3 is 1.80 bits per heavy atom. The van der Waals surface area contributed by atoms with Crippen molar-refractivity contribution in [3.8, 4) is 11.1 Å². The number of hydrogen-bond acceptors (Lipinski definition) is 0. The number of rotatable bonds is 1. The molecule has 0 radical (unpaired) electrons. The van der Waals surface area contributed by atoms with Crippen LogP contribution in [0.15, 0.2) is 42.5 Å². The van der Waals surface area contributed by atoms with Crippen LogP contribution in [0.4, 0.5) is 0 Å². The maximum Gasteiger partial charge on any atom is 0.0406 e. The molecule has 0 saturated carbocycles. The second kappa shape index (κ2) is 4.08. The predicted molar refractivity (Wildman–Crippen MR) is 66.4 cm³/mol. The van der Waals surface area contributed by atoms with E-state index in [1.165, 1.54) is 22.3 Å². The first-order valence-electron chi connectivity index (χ1n) is 4.99. The van der Waals surface area contributed by atoms with Gasteiger partial charge in [-0.3, -0.25) is 0 Å². The first-order valence-corrected chi connectivity index (χ1v) is 5.37. The molecule has 0 aromatic heterocycles. The van der Waals surface area contributed by atoms with Crippen LogP contribution in [0.3, 0.4) is 0 Å². The van der Waals surface area contributed by atoms with Crippen LogP contribution >= 0.6 is 11.6 Å². The summed E-state index contributed by atoms with van der Waals surface area (Å²) < 4.78 is 0. The molecule has 0 amide bonds. The van der Waals surface area contributed by atoms with Gasteiger partial charge >= 0.3 is 0 Å². The molecule has 0 unspecified atom stereocenters. The Morgan fingerprint density at radius 1 is 0.733 bits per heavy atom. The summed E-state index contributed by atoms with van der Waals surface area (Å²) in [6, 6.07) is 14.5. The molecule has 0 N–H and O–H groups in total. The van der Waals surface area contributed by atoms with E-state index in [0.717, 1.165) is 5.02 Å². The Labute approximate surface area is 95.5 Å². The van der Waals surface area contributed by atoms with Crippen molar-refractivity contribution >= 4 is 11.6 Å². The lowest BCUT2D eigenvalue weighted by Crippen LogP contribution is -1.82. The van der Waals surface area contributed by atoms with Gasteiger partial charge in [0.05, 0.1) is 0 Å². The zero-order chi connectivity index (χ0) is 10.8. The first kappa shape index (κ1) is 10.3. The molecule has 0 aliphatic rings. The van der Waals surface area contributed by atoms with E-state index in [0.29, 0.717) is 0 Å². The second-order valence-electron chi connectivity index (χ2n) is 3.88. The van der Waals surface area contributed by atoms with E-state index >= 15 is 0 Å². The molecule has 76 valence electrons. The van der Waals surface area contributed by atoms with Crippen molar-refractivity contribution in [3.63, 3.8) is 0 Å². The minimum atomic E-state index is 0.781. The first-order chi connectivity index (χ1) is 7.15. The largest absolute Gasteiger partial charge is 0.0843 e. The van der Waals surface area contributed by atoms with Crippen LogP contribution < -0.4 is 0 Å². The fourth-order valence-electron chi connectivity index (χ4n) is 1.78. The van der Waals surface area contributed by atoms with E-state index in [1.54, 1.807) is 0 Å². The molecule has 0 bridgehead atoms. The van der Waals surface area contributed by atoms with Crippen molar-refractivity contribution in [2.24, 2.45) is 0 Å². The van der Waals surface area contributed by atoms with Crippen molar-refractivity contribution in [2.45, 2.75) is 13.8 Å². The van der Waals surface area contributed by atoms with Crippen molar-refractivity contribution in [3.05, 3.63) is 58.6 Å². The van der Waals surface area contributed by atoms with E-state index in [1.807, 2.05) is 12.1 Å². The van der Waals surface area contributed by atoms with E-state index in [9.17, 15) is 0 Å². The predicted octanol–water partition coefficient (Wildman–Crippen LogP) is 4.62. The zero-order valence-electron chi connectivity index (χ0n) is 8.92. The maximum absolute atomic E-state index is 5.86. The van der Waals surface area contributed by atoms with E-state index in [2.05, 4.69) is 44.2 Å². The van der Waals surface area contributed by atoms with Crippen molar-refractivity contribution in [1.29, 1.82) is 0 Å². The highest BCUT2D eigenvalue weighted by atomic mass is 35.5. The summed E-state index contributed by atoms with van der Waals surface area (Å²) in [5.41, 5.74) is 5.05. The Hall–Kier alpha value is -1.27. The molecule has 0 saturated heterocycles. The number of aryl methyl sites for hydroxylation is 2. The molecule has 2 aromatic rings. The van der Waals surface area contributed by atoms with Crippen LogP contribution in [-0.2, 0) is 0 Å². The number of benzene rings is 2. The Balaban J connectivity index is 2.49. The van der Waals surface area contributed by atoms with Gasteiger partial charge in [0.15, 0.2) is 0 Å². The summed E-state index contributed by atoms with van der Waals surface area (Å²) in [5, 5.41) is 0.781. The average Bonchev–Trinajstić information content (AvgIpc) is 2.17. The summed E-state index contributed by atoms with van der Waals surface area (Å²) in [4.78, 5) is 0. The van der Waals surface area contributed by atoms with Gasteiger partial charge in [-0.05, 0) is 37.1 Å². The van der Waals surface area contributed by atoms with Gasteiger partial charge in [-0.15, -0.1) is 0 Å². The van der Waals surface area contributed by atoms with Crippen molar-refractivity contribution in [1.82, 2.24) is 0 Å². The van der Waals surface area contributed by atoms with Gasteiger partial charge in [0.25, 0.3) is 0 Å². The van der Waals surface area contributed by atoms with Gasteiger partial charge in [0.2, 0.25) is 0 Å². The summed E-state index contributed by atoms with van der Waals surface area (Å²) in [7, 11) is 0. The summed E-state index contributed by atoms with van der Waals surface area (Å²) in [6.45, 7) is 4.23. The molecule has 0 spiro atoms. The lowest BCUT2D eigenvalue weighted by Gasteiger charge is -2.05. The molecule has 15 heavy (non-hydrogen) atoms. The van der Waals surface area contributed by atoms with Gasteiger partial charge in [0.1, 0.15) is 0 Å². The maximum atomic E-state index is 5.86. The van der Waals surface area contributed by atoms with Crippen molar-refractivity contribution in [2.75, 3.05) is 0 Å². The number of hydrogen-bond donors (Lipinski definition) is 0. The normalized spacial score (nSPS) is 10.3. The van der Waals surface area contributed by atoms with Crippen LogP contribution in [0.5, 0.6) is 0 Å². The van der Waals surface area contributed by atoms with Crippen LogP contribution in [0.1, 0.15) is 11.1 Å². The summed E-state index contributed by atoms with van der Waals surface area (Å²) >= 11 is 5.86. The fourth-order valence-corrected chi connectivity index (χ4v) is 1.91. The molecule has 1 heteroatoms. The highest BCUT2D eigenvalue weighted by Gasteiger charge is 1.99. The lowest BCUT2D eigenvalue weighted by molar-refractivity contribution is 1.38. The highest BCUT2D eigenvalue weighted by molar-refractivity contribution is 6.30. The van der Waals surface area contributed by atoms with Crippen LogP contribution in [-0.4, -0.2) is 0 Å². The quantitative estimate of drug-likeness (QED) is 0.652. The minimum Gasteiger partial charge on any atom is -0.0843 e. The smallest absolute Gasteiger partial charge is 0.0406 e. The molecule has 0 nitrogen and oxygen atoms in total. The Morgan fingerprint density at radius 2 is 1.27 bits per heavy atom. The standard InChI is InChI=1S/C14H13Cl/c1-10-7-11(2)9-13(8-10)12-3-5-14(15)6-4-12/h3-9H,1-2H3. The minimum absolute atomic E-state index is 0.781. The third-order valence-electron chi connectivity index (χ3n) is 2.40. The molecule has 0 atom stereocenters. The molecule has 2 rings (SSSR count). The van der Waals surface area contributed by atoms with Crippen LogP contribution in [0.2, 0.25) is 5.02 Å². The SMILES string of the molecule is Cc1cc(C)cc(-c2ccc(Cl)cc2)c1. The molecule has 0 fully saturated rings. The fraction of sp³-hybridized carbons (Fsp3) is 0.143. The third-order valence-corrected chi connectivity index (χ3v) is 2.65. The molecular formula is C14H13Cl. The molecule has 0 aliphatic heterocycles. The highest BCUT2D eigenvalue weighted by Crippen LogP contribution is 2.23. The van der Waals surface area contributed by atoms with Crippen LogP contribution in [0.25, 0.3) is 11.1 Å². The lowest BCUT2D eigenvalue weighted by atomic mass is 10.0. The second-order valence-corrected chi connectivity index (χ2v) is 4.32. The third kappa shape index (κ3) is 2.40. The van der Waals surface area contributed by atoms with Gasteiger partial charge in [-0.1, -0.05) is 53.1 Å². The molecule has 2 aromatic carbocycles. The summed E-state index contributed by atoms with van der Waals surface area (Å²) in [6.07, 6.45) is 0. The Kier molecular flexibility index (Phi) is 2.79. The van der Waals surface area contributed by atoms with Gasteiger partial charge in [-0.25, -0.2) is 0 Å². The molecule has 0 heterocycles. The average molecular weight is 217 g/mol. The number of halogens is 1. The summed E-state index contributed by atoms with van der Waals surface area (Å²) in [5.74, 6) is 0. The van der Waals surface area contributed by atoms with E-state index in [-0.39, 0.29) is 0 Å². The zero-order valence-corrected chi connectivity index (χ0v) is 9.68. The van der Waals surface area contributed by atoms with Gasteiger partial charge < -0.3 is 0 Å². The van der Waals surface area contributed by atoms with Gasteiger partial charge in [0, 0.05) is 5.02 Å². The van der Waals surface area contributed by atoms with Crippen molar-refractivity contribution < 1.29 is 0 Å². The topological polar surface area (TPSA) is 0 Å². The molecular weight excluding hydrogens is 204 g/mol. The molecule has 0 aliphatic carbocycles. The monoisotopic (exact) mass is 216 g/mol. The Bertz CT molecular complexity index is 449. The van der Waals surface area contributed by atoms with Gasteiger partial charge in [-0.2, -0.15) is 0 Å².